The van der Waals surface area contributed by atoms with Crippen LogP contribution in [0.1, 0.15) is 38.5 Å². The molecule has 0 amide bonds. The molecule has 0 saturated carbocycles. The van der Waals surface area contributed by atoms with Gasteiger partial charge in [-0.1, -0.05) is 0 Å². The van der Waals surface area contributed by atoms with E-state index in [0.29, 0.717) is 38.8 Å². The van der Waals surface area contributed by atoms with Crippen LogP contribution in [0.4, 0.5) is 0 Å². The topological polar surface area (TPSA) is 160 Å². The number of hydroxylamine groups is 2. The van der Waals surface area contributed by atoms with E-state index in [9.17, 15) is 9.59 Å². The average Bonchev–Trinajstić information content (AvgIpc) is 2.43. The van der Waals surface area contributed by atoms with Gasteiger partial charge in [0, 0.05) is 0 Å². The van der Waals surface area contributed by atoms with Gasteiger partial charge < -0.3 is 21.7 Å². The molecule has 124 valence electrons. The van der Waals surface area contributed by atoms with E-state index < -0.39 is 24.0 Å². The van der Waals surface area contributed by atoms with E-state index in [1.165, 1.54) is 0 Å². The number of rotatable bonds is 14. The maximum absolute atomic E-state index is 11.0. The van der Waals surface area contributed by atoms with Gasteiger partial charge in [-0.2, -0.15) is 11.0 Å². The van der Waals surface area contributed by atoms with Crippen molar-refractivity contribution in [3.05, 3.63) is 0 Å². The van der Waals surface area contributed by atoms with Crippen molar-refractivity contribution in [2.24, 2.45) is 11.5 Å². The Balaban J connectivity index is 4.06. The Bertz CT molecular complexity index is 275. The molecule has 9 nitrogen and oxygen atoms in total. The molecule has 0 aromatic rings. The Kier molecular flexibility index (Phi) is 11.7. The van der Waals surface area contributed by atoms with Crippen molar-refractivity contribution in [3.8, 4) is 0 Å². The summed E-state index contributed by atoms with van der Waals surface area (Å²) in [7, 11) is 0. The standard InChI is InChI=1S/C12H26N4O5/c13-7-3-1-5-9(11(17)18)15-21-16-10(12(19)20)6-2-4-8-14/h9-10,15-16H,1-8,13-14H2,(H,17,18)(H,19,20)/t9-,10-/m0/s1. The van der Waals surface area contributed by atoms with Crippen molar-refractivity contribution in [2.75, 3.05) is 13.1 Å². The molecular formula is C12H26N4O5. The second-order valence-electron chi connectivity index (χ2n) is 4.69. The minimum absolute atomic E-state index is 0.346. The van der Waals surface area contributed by atoms with E-state index in [0.717, 1.165) is 12.8 Å². The van der Waals surface area contributed by atoms with Crippen molar-refractivity contribution >= 4 is 11.9 Å². The molecule has 0 spiro atoms. The van der Waals surface area contributed by atoms with Gasteiger partial charge in [0.2, 0.25) is 0 Å². The average molecular weight is 306 g/mol. The van der Waals surface area contributed by atoms with Crippen LogP contribution < -0.4 is 22.4 Å². The second kappa shape index (κ2) is 12.5. The lowest BCUT2D eigenvalue weighted by Crippen LogP contribution is -2.45. The third-order valence-corrected chi connectivity index (χ3v) is 2.89. The van der Waals surface area contributed by atoms with E-state index in [-0.39, 0.29) is 0 Å². The highest BCUT2D eigenvalue weighted by molar-refractivity contribution is 5.73. The summed E-state index contributed by atoms with van der Waals surface area (Å²) < 4.78 is 0. The van der Waals surface area contributed by atoms with Crippen molar-refractivity contribution in [3.63, 3.8) is 0 Å². The third-order valence-electron chi connectivity index (χ3n) is 2.89. The lowest BCUT2D eigenvalue weighted by Gasteiger charge is -2.17. The van der Waals surface area contributed by atoms with E-state index in [2.05, 4.69) is 11.0 Å². The predicted molar refractivity (Wildman–Crippen MR) is 76.0 cm³/mol. The molecule has 2 atom stereocenters. The minimum atomic E-state index is -1.07. The Morgan fingerprint density at radius 3 is 1.52 bits per heavy atom. The Labute approximate surface area is 123 Å². The zero-order valence-corrected chi connectivity index (χ0v) is 12.1. The number of nitrogens with two attached hydrogens (primary N) is 2. The lowest BCUT2D eigenvalue weighted by molar-refractivity contribution is -0.155. The molecule has 0 radical (unpaired) electrons. The van der Waals surface area contributed by atoms with Crippen LogP contribution in [0, 0.1) is 0 Å². The molecule has 0 saturated heterocycles. The Morgan fingerprint density at radius 1 is 0.857 bits per heavy atom. The first kappa shape index (κ1) is 19.7. The van der Waals surface area contributed by atoms with Gasteiger partial charge in [-0.25, -0.2) is 4.94 Å². The predicted octanol–water partition coefficient (Wildman–Crippen LogP) is -0.823. The number of nitrogens with one attached hydrogen (secondary N) is 2. The summed E-state index contributed by atoms with van der Waals surface area (Å²) in [6.07, 6.45) is 3.41. The normalized spacial score (nSPS) is 13.8. The summed E-state index contributed by atoms with van der Waals surface area (Å²) >= 11 is 0. The van der Waals surface area contributed by atoms with Crippen molar-refractivity contribution in [1.29, 1.82) is 0 Å². The minimum Gasteiger partial charge on any atom is -0.480 e. The molecular weight excluding hydrogens is 280 g/mol. The molecule has 0 aromatic carbocycles. The fourth-order valence-electron chi connectivity index (χ4n) is 1.63. The van der Waals surface area contributed by atoms with Gasteiger partial charge in [0.15, 0.2) is 0 Å². The Morgan fingerprint density at radius 2 is 1.24 bits per heavy atom. The van der Waals surface area contributed by atoms with Gasteiger partial charge in [-0.05, 0) is 51.6 Å². The van der Waals surface area contributed by atoms with Crippen LogP contribution >= 0.6 is 0 Å². The summed E-state index contributed by atoms with van der Waals surface area (Å²) in [5.41, 5.74) is 15.3. The number of unbranched alkanes of at least 4 members (excludes halogenated alkanes) is 2. The van der Waals surface area contributed by atoms with Crippen LogP contribution in [0.15, 0.2) is 0 Å². The number of aliphatic carboxylic acids is 2. The molecule has 0 aliphatic heterocycles. The van der Waals surface area contributed by atoms with Crippen LogP contribution in [0.2, 0.25) is 0 Å². The zero-order valence-electron chi connectivity index (χ0n) is 12.1. The van der Waals surface area contributed by atoms with Gasteiger partial charge in [0.25, 0.3) is 0 Å². The third kappa shape index (κ3) is 10.2. The molecule has 0 aliphatic rings. The van der Waals surface area contributed by atoms with E-state index >= 15 is 0 Å². The fourth-order valence-corrected chi connectivity index (χ4v) is 1.63. The molecule has 0 bridgehead atoms. The number of carboxylic acid groups (broad SMARTS) is 2. The summed E-state index contributed by atoms with van der Waals surface area (Å²) in [5, 5.41) is 18.0. The highest BCUT2D eigenvalue weighted by atomic mass is 16.8. The summed E-state index contributed by atoms with van der Waals surface area (Å²) in [6, 6.07) is -1.83. The molecule has 0 aliphatic carbocycles. The quantitative estimate of drug-likeness (QED) is 0.178. The molecule has 0 unspecified atom stereocenters. The van der Waals surface area contributed by atoms with Crippen LogP contribution in [-0.2, 0) is 14.5 Å². The summed E-state index contributed by atoms with van der Waals surface area (Å²) in [6.45, 7) is 0.987. The zero-order chi connectivity index (χ0) is 16.1. The van der Waals surface area contributed by atoms with E-state index in [1.807, 2.05) is 0 Å². The molecule has 9 heteroatoms. The van der Waals surface area contributed by atoms with Gasteiger partial charge in [-0.3, -0.25) is 9.59 Å². The van der Waals surface area contributed by atoms with Crippen LogP contribution in [0.5, 0.6) is 0 Å². The number of carboxylic acids is 2. The Hall–Kier alpha value is -1.26. The molecule has 0 aromatic heterocycles. The van der Waals surface area contributed by atoms with Crippen LogP contribution in [-0.4, -0.2) is 47.3 Å². The number of hydrogen-bond donors (Lipinski definition) is 6. The van der Waals surface area contributed by atoms with Crippen molar-refractivity contribution in [1.82, 2.24) is 11.0 Å². The molecule has 8 N–H and O–H groups in total. The molecule has 21 heavy (non-hydrogen) atoms. The maximum Gasteiger partial charge on any atom is 0.323 e. The summed E-state index contributed by atoms with van der Waals surface area (Å²) in [4.78, 5) is 26.8. The van der Waals surface area contributed by atoms with Gasteiger partial charge in [0.05, 0.1) is 0 Å². The smallest absolute Gasteiger partial charge is 0.323 e. The molecule has 0 fully saturated rings. The van der Waals surface area contributed by atoms with E-state index in [1.54, 1.807) is 0 Å². The summed E-state index contributed by atoms with van der Waals surface area (Å²) in [5.74, 6) is -2.13. The van der Waals surface area contributed by atoms with Gasteiger partial charge in [0.1, 0.15) is 12.1 Å². The second-order valence-corrected chi connectivity index (χ2v) is 4.69. The van der Waals surface area contributed by atoms with Gasteiger partial charge in [-0.15, -0.1) is 0 Å². The van der Waals surface area contributed by atoms with Crippen LogP contribution in [0.3, 0.4) is 0 Å². The van der Waals surface area contributed by atoms with Crippen LogP contribution in [0.25, 0.3) is 0 Å². The molecule has 0 heterocycles. The number of carbonyl (C=O) groups is 2. The highest BCUT2D eigenvalue weighted by Crippen LogP contribution is 2.02. The highest BCUT2D eigenvalue weighted by Gasteiger charge is 2.20. The SMILES string of the molecule is NCCCC[C@H](NON[C@@H](CCCCN)C(=O)O)C(=O)O. The number of hydrogen-bond acceptors (Lipinski definition) is 7. The van der Waals surface area contributed by atoms with Crippen molar-refractivity contribution in [2.45, 2.75) is 50.6 Å². The first-order valence-corrected chi connectivity index (χ1v) is 7.05. The molecule has 0 rings (SSSR count). The maximum atomic E-state index is 11.0. The fraction of sp³-hybridized carbons (Fsp3) is 0.833. The van der Waals surface area contributed by atoms with Crippen molar-refractivity contribution < 1.29 is 24.7 Å². The first-order valence-electron chi connectivity index (χ1n) is 7.05. The lowest BCUT2D eigenvalue weighted by atomic mass is 10.1. The van der Waals surface area contributed by atoms with E-state index in [4.69, 9.17) is 26.6 Å². The van der Waals surface area contributed by atoms with Gasteiger partial charge >= 0.3 is 11.9 Å². The monoisotopic (exact) mass is 306 g/mol. The first-order chi connectivity index (χ1) is 10.0. The largest absolute Gasteiger partial charge is 0.480 e.